The van der Waals surface area contributed by atoms with Crippen molar-refractivity contribution in [3.05, 3.63) is 59.4 Å². The SMILES string of the molecule is CC(NCC(=O)N1CCN(c2cccc(Cl)c2)CC1)c1ccccn1. The summed E-state index contributed by atoms with van der Waals surface area (Å²) in [6.07, 6.45) is 1.77. The number of nitrogens with zero attached hydrogens (tertiary/aromatic N) is 3. The van der Waals surface area contributed by atoms with Crippen LogP contribution in [0.4, 0.5) is 5.69 Å². The predicted octanol–water partition coefficient (Wildman–Crippen LogP) is 2.73. The van der Waals surface area contributed by atoms with Crippen molar-refractivity contribution in [2.24, 2.45) is 0 Å². The minimum Gasteiger partial charge on any atom is -0.368 e. The number of nitrogens with one attached hydrogen (secondary N) is 1. The van der Waals surface area contributed by atoms with Gasteiger partial charge in [0.25, 0.3) is 0 Å². The number of carbonyl (C=O) groups excluding carboxylic acids is 1. The first-order valence-electron chi connectivity index (χ1n) is 8.56. The van der Waals surface area contributed by atoms with Gasteiger partial charge in [-0.05, 0) is 37.3 Å². The maximum absolute atomic E-state index is 12.4. The average molecular weight is 359 g/mol. The first kappa shape index (κ1) is 17.7. The number of amides is 1. The molecule has 0 spiro atoms. The lowest BCUT2D eigenvalue weighted by Gasteiger charge is -2.36. The Morgan fingerprint density at radius 1 is 1.20 bits per heavy atom. The molecule has 132 valence electrons. The van der Waals surface area contributed by atoms with Crippen LogP contribution in [0.5, 0.6) is 0 Å². The number of hydrogen-bond donors (Lipinski definition) is 1. The Balaban J connectivity index is 1.47. The van der Waals surface area contributed by atoms with Crippen LogP contribution >= 0.6 is 11.6 Å². The minimum absolute atomic E-state index is 0.0536. The maximum Gasteiger partial charge on any atom is 0.236 e. The third kappa shape index (κ3) is 4.71. The third-order valence-corrected chi connectivity index (χ3v) is 4.73. The molecule has 3 rings (SSSR count). The van der Waals surface area contributed by atoms with Gasteiger partial charge in [-0.2, -0.15) is 0 Å². The predicted molar refractivity (Wildman–Crippen MR) is 101 cm³/mol. The number of halogens is 1. The van der Waals surface area contributed by atoms with Gasteiger partial charge in [-0.1, -0.05) is 23.7 Å². The third-order valence-electron chi connectivity index (χ3n) is 4.50. The molecule has 0 bridgehead atoms. The number of benzene rings is 1. The summed E-state index contributed by atoms with van der Waals surface area (Å²) in [7, 11) is 0. The van der Waals surface area contributed by atoms with Gasteiger partial charge in [0.05, 0.1) is 12.2 Å². The van der Waals surface area contributed by atoms with Crippen molar-refractivity contribution < 1.29 is 4.79 Å². The first-order valence-corrected chi connectivity index (χ1v) is 8.94. The summed E-state index contributed by atoms with van der Waals surface area (Å²) >= 11 is 6.06. The highest BCUT2D eigenvalue weighted by Gasteiger charge is 2.21. The van der Waals surface area contributed by atoms with E-state index in [1.54, 1.807) is 6.20 Å². The summed E-state index contributed by atoms with van der Waals surface area (Å²) in [5, 5.41) is 4.00. The molecule has 2 heterocycles. The molecule has 5 nitrogen and oxygen atoms in total. The molecule has 2 aromatic rings. The Morgan fingerprint density at radius 3 is 2.68 bits per heavy atom. The second-order valence-electron chi connectivity index (χ2n) is 6.20. The summed E-state index contributed by atoms with van der Waals surface area (Å²) in [6, 6.07) is 13.7. The smallest absolute Gasteiger partial charge is 0.236 e. The van der Waals surface area contributed by atoms with E-state index in [0.717, 1.165) is 42.6 Å². The fourth-order valence-electron chi connectivity index (χ4n) is 2.98. The zero-order valence-electron chi connectivity index (χ0n) is 14.4. The van der Waals surface area contributed by atoms with Crippen molar-refractivity contribution in [1.82, 2.24) is 15.2 Å². The lowest BCUT2D eigenvalue weighted by atomic mass is 10.2. The number of anilines is 1. The molecule has 1 amide bonds. The second kappa shape index (κ2) is 8.32. The molecule has 1 fully saturated rings. The summed E-state index contributed by atoms with van der Waals surface area (Å²) in [5.41, 5.74) is 2.06. The Kier molecular flexibility index (Phi) is 5.89. The van der Waals surface area contributed by atoms with Gasteiger partial charge >= 0.3 is 0 Å². The van der Waals surface area contributed by atoms with Crippen LogP contribution in [-0.2, 0) is 4.79 Å². The van der Waals surface area contributed by atoms with Crippen molar-refractivity contribution in [1.29, 1.82) is 0 Å². The molecule has 25 heavy (non-hydrogen) atoms. The molecule has 1 aliphatic heterocycles. The van der Waals surface area contributed by atoms with E-state index < -0.39 is 0 Å². The van der Waals surface area contributed by atoms with E-state index in [1.807, 2.05) is 48.2 Å². The van der Waals surface area contributed by atoms with Gasteiger partial charge in [0.15, 0.2) is 0 Å². The van der Waals surface area contributed by atoms with Crippen LogP contribution < -0.4 is 10.2 Å². The fraction of sp³-hybridized carbons (Fsp3) is 0.368. The lowest BCUT2D eigenvalue weighted by molar-refractivity contribution is -0.130. The van der Waals surface area contributed by atoms with E-state index in [2.05, 4.69) is 21.3 Å². The maximum atomic E-state index is 12.4. The number of hydrogen-bond acceptors (Lipinski definition) is 4. The monoisotopic (exact) mass is 358 g/mol. The highest BCUT2D eigenvalue weighted by Crippen LogP contribution is 2.20. The van der Waals surface area contributed by atoms with Gasteiger partial charge in [0.2, 0.25) is 5.91 Å². The number of aromatic nitrogens is 1. The Labute approximate surface area is 153 Å². The van der Waals surface area contributed by atoms with Gasteiger partial charge in [-0.3, -0.25) is 9.78 Å². The molecule has 1 saturated heterocycles. The molecule has 1 unspecified atom stereocenters. The van der Waals surface area contributed by atoms with E-state index in [0.29, 0.717) is 6.54 Å². The van der Waals surface area contributed by atoms with Gasteiger partial charge in [-0.15, -0.1) is 0 Å². The summed E-state index contributed by atoms with van der Waals surface area (Å²) in [6.45, 7) is 5.45. The summed E-state index contributed by atoms with van der Waals surface area (Å²) in [5.74, 6) is 0.133. The highest BCUT2D eigenvalue weighted by molar-refractivity contribution is 6.30. The van der Waals surface area contributed by atoms with E-state index in [4.69, 9.17) is 11.6 Å². The summed E-state index contributed by atoms with van der Waals surface area (Å²) in [4.78, 5) is 20.9. The molecular formula is C19H23ClN4O. The van der Waals surface area contributed by atoms with E-state index >= 15 is 0 Å². The lowest BCUT2D eigenvalue weighted by Crippen LogP contribution is -2.51. The molecular weight excluding hydrogens is 336 g/mol. The van der Waals surface area contributed by atoms with Crippen molar-refractivity contribution >= 4 is 23.2 Å². The molecule has 6 heteroatoms. The Hall–Kier alpha value is -2.11. The number of pyridine rings is 1. The minimum atomic E-state index is 0.0536. The van der Waals surface area contributed by atoms with Crippen LogP contribution in [0.25, 0.3) is 0 Å². The molecule has 1 aromatic heterocycles. The average Bonchev–Trinajstić information content (AvgIpc) is 2.66. The van der Waals surface area contributed by atoms with Crippen LogP contribution in [-0.4, -0.2) is 48.5 Å². The van der Waals surface area contributed by atoms with Crippen molar-refractivity contribution in [2.75, 3.05) is 37.6 Å². The number of piperazine rings is 1. The second-order valence-corrected chi connectivity index (χ2v) is 6.64. The zero-order chi connectivity index (χ0) is 17.6. The normalized spacial score (nSPS) is 15.9. The van der Waals surface area contributed by atoms with Crippen molar-refractivity contribution in [2.45, 2.75) is 13.0 Å². The molecule has 0 aliphatic carbocycles. The molecule has 0 radical (unpaired) electrons. The van der Waals surface area contributed by atoms with Crippen LogP contribution in [0.15, 0.2) is 48.7 Å². The summed E-state index contributed by atoms with van der Waals surface area (Å²) < 4.78 is 0. The highest BCUT2D eigenvalue weighted by atomic mass is 35.5. The van der Waals surface area contributed by atoms with E-state index in [-0.39, 0.29) is 11.9 Å². The largest absolute Gasteiger partial charge is 0.368 e. The molecule has 1 atom stereocenters. The Bertz CT molecular complexity index is 702. The topological polar surface area (TPSA) is 48.5 Å². The van der Waals surface area contributed by atoms with E-state index in [1.165, 1.54) is 0 Å². The van der Waals surface area contributed by atoms with Gasteiger partial charge in [-0.25, -0.2) is 0 Å². The number of carbonyl (C=O) groups is 1. The van der Waals surface area contributed by atoms with Crippen LogP contribution in [0.1, 0.15) is 18.7 Å². The molecule has 1 N–H and O–H groups in total. The fourth-order valence-corrected chi connectivity index (χ4v) is 3.16. The van der Waals surface area contributed by atoms with Gasteiger partial charge in [0.1, 0.15) is 0 Å². The molecule has 1 aliphatic rings. The standard InChI is InChI=1S/C19H23ClN4O/c1-15(18-7-2-3-8-21-18)22-14-19(25)24-11-9-23(10-12-24)17-6-4-5-16(20)13-17/h2-8,13,15,22H,9-12,14H2,1H3. The van der Waals surface area contributed by atoms with Crippen LogP contribution in [0.3, 0.4) is 0 Å². The quantitative estimate of drug-likeness (QED) is 0.892. The van der Waals surface area contributed by atoms with Crippen LogP contribution in [0, 0.1) is 0 Å². The van der Waals surface area contributed by atoms with Crippen molar-refractivity contribution in [3.63, 3.8) is 0 Å². The van der Waals surface area contributed by atoms with Gasteiger partial charge < -0.3 is 15.1 Å². The molecule has 1 aromatic carbocycles. The molecule has 0 saturated carbocycles. The van der Waals surface area contributed by atoms with Crippen LogP contribution in [0.2, 0.25) is 5.02 Å². The van der Waals surface area contributed by atoms with Gasteiger partial charge in [0, 0.05) is 49.1 Å². The number of rotatable bonds is 5. The zero-order valence-corrected chi connectivity index (χ0v) is 15.1. The van der Waals surface area contributed by atoms with Crippen molar-refractivity contribution in [3.8, 4) is 0 Å². The van der Waals surface area contributed by atoms with E-state index in [9.17, 15) is 4.79 Å². The Morgan fingerprint density at radius 2 is 2.00 bits per heavy atom. The first-order chi connectivity index (χ1) is 12.1.